The second-order valence-corrected chi connectivity index (χ2v) is 14.9. The van der Waals surface area contributed by atoms with Gasteiger partial charge in [0.15, 0.2) is 0 Å². The first-order valence-electron chi connectivity index (χ1n) is 10.4. The minimum absolute atomic E-state index is 0.200. The van der Waals surface area contributed by atoms with E-state index >= 15 is 0 Å². The van der Waals surface area contributed by atoms with Crippen molar-refractivity contribution in [3.63, 3.8) is 0 Å². The second-order valence-electron chi connectivity index (χ2n) is 8.88. The lowest BCUT2D eigenvalue weighted by molar-refractivity contribution is 0.0909. The molecule has 0 aliphatic carbocycles. The number of pyridine rings is 1. The van der Waals surface area contributed by atoms with Crippen LogP contribution in [0.15, 0.2) is 54.7 Å². The molecule has 0 saturated carbocycles. The Morgan fingerprint density at radius 2 is 1.75 bits per heavy atom. The van der Waals surface area contributed by atoms with E-state index in [0.717, 1.165) is 23.1 Å². The highest BCUT2D eigenvalue weighted by Gasteiger charge is 2.21. The molecular weight excluding hydrogens is 448 g/mol. The average molecular weight is 472 g/mol. The van der Waals surface area contributed by atoms with Crippen molar-refractivity contribution < 1.29 is 13.5 Å². The molecule has 8 heteroatoms. The lowest BCUT2D eigenvalue weighted by Gasteiger charge is -2.17. The van der Waals surface area contributed by atoms with Gasteiger partial charge in [0, 0.05) is 26.9 Å². The highest BCUT2D eigenvalue weighted by Crippen LogP contribution is 2.38. The van der Waals surface area contributed by atoms with E-state index in [-0.39, 0.29) is 11.9 Å². The van der Waals surface area contributed by atoms with E-state index in [4.69, 9.17) is 21.3 Å². The molecule has 4 nitrogen and oxygen atoms in total. The van der Waals surface area contributed by atoms with Crippen molar-refractivity contribution >= 4 is 30.7 Å². The van der Waals surface area contributed by atoms with Gasteiger partial charge in [0.25, 0.3) is 0 Å². The van der Waals surface area contributed by atoms with E-state index in [1.807, 2.05) is 28.8 Å². The smallest absolute Gasteiger partial charge is 0.146 e. The van der Waals surface area contributed by atoms with Crippen LogP contribution in [0.1, 0.15) is 0 Å². The van der Waals surface area contributed by atoms with Crippen molar-refractivity contribution in [3.8, 4) is 22.5 Å². The Morgan fingerprint density at radius 3 is 2.47 bits per heavy atom. The standard InChI is InChI=1S/C24H24ClF2N3OSi/c1-32(2,3)11-10-31-15-30-21-7-5-4-6-20(21)29-24(30)22-19(8-9-28-23(22)25)16-12-17(26)14-18(27)13-16/h4-9,12-14H,10-11,15H2,1-3H3. The van der Waals surface area contributed by atoms with E-state index in [1.54, 1.807) is 6.07 Å². The Kier molecular flexibility index (Phi) is 6.42. The van der Waals surface area contributed by atoms with Crippen LogP contribution in [0.5, 0.6) is 0 Å². The maximum absolute atomic E-state index is 14.0. The van der Waals surface area contributed by atoms with E-state index < -0.39 is 19.7 Å². The van der Waals surface area contributed by atoms with E-state index in [0.29, 0.717) is 29.1 Å². The van der Waals surface area contributed by atoms with Crippen molar-refractivity contribution in [2.75, 3.05) is 6.61 Å². The number of para-hydroxylation sites is 2. The summed E-state index contributed by atoms with van der Waals surface area (Å²) < 4.78 is 35.9. The van der Waals surface area contributed by atoms with Crippen LogP contribution in [0.4, 0.5) is 8.78 Å². The third-order valence-electron chi connectivity index (χ3n) is 5.17. The Morgan fingerprint density at radius 1 is 1.03 bits per heavy atom. The van der Waals surface area contributed by atoms with Gasteiger partial charge in [0.1, 0.15) is 29.3 Å². The number of hydrogen-bond donors (Lipinski definition) is 0. The fraction of sp³-hybridized carbons (Fsp3) is 0.250. The predicted octanol–water partition coefficient (Wildman–Crippen LogP) is 7.01. The number of hydrogen-bond acceptors (Lipinski definition) is 3. The fourth-order valence-electron chi connectivity index (χ4n) is 3.53. The predicted molar refractivity (Wildman–Crippen MR) is 127 cm³/mol. The van der Waals surface area contributed by atoms with Gasteiger partial charge in [-0.05, 0) is 47.5 Å². The number of aromatic nitrogens is 3. The topological polar surface area (TPSA) is 39.9 Å². The molecule has 0 unspecified atom stereocenters. The molecule has 0 aliphatic rings. The number of imidazole rings is 1. The highest BCUT2D eigenvalue weighted by molar-refractivity contribution is 6.76. The Balaban J connectivity index is 1.83. The van der Waals surface area contributed by atoms with Gasteiger partial charge in [-0.2, -0.15) is 0 Å². The second kappa shape index (κ2) is 9.09. The van der Waals surface area contributed by atoms with E-state index in [9.17, 15) is 8.78 Å². The lowest BCUT2D eigenvalue weighted by Crippen LogP contribution is -2.22. The molecule has 0 spiro atoms. The zero-order valence-corrected chi connectivity index (χ0v) is 20.0. The average Bonchev–Trinajstić information content (AvgIpc) is 3.07. The minimum atomic E-state index is -1.24. The van der Waals surface area contributed by atoms with Gasteiger partial charge in [-0.15, -0.1) is 0 Å². The number of nitrogens with zero attached hydrogens (tertiary/aromatic N) is 3. The summed E-state index contributed by atoms with van der Waals surface area (Å²) in [5.74, 6) is -0.791. The fourth-order valence-corrected chi connectivity index (χ4v) is 4.53. The maximum atomic E-state index is 14.0. The van der Waals surface area contributed by atoms with Crippen LogP contribution in [0, 0.1) is 11.6 Å². The molecule has 4 aromatic rings. The van der Waals surface area contributed by atoms with Crippen molar-refractivity contribution in [1.29, 1.82) is 0 Å². The quantitative estimate of drug-likeness (QED) is 0.165. The largest absolute Gasteiger partial charge is 0.361 e. The Hall–Kier alpha value is -2.61. The molecule has 32 heavy (non-hydrogen) atoms. The number of benzene rings is 2. The van der Waals surface area contributed by atoms with E-state index in [1.165, 1.54) is 18.3 Å². The first-order chi connectivity index (χ1) is 15.2. The number of ether oxygens (including phenoxy) is 1. The maximum Gasteiger partial charge on any atom is 0.146 e. The first kappa shape index (κ1) is 22.6. The zero-order chi connectivity index (χ0) is 22.9. The summed E-state index contributed by atoms with van der Waals surface area (Å²) in [6, 6.07) is 13.8. The van der Waals surface area contributed by atoms with Gasteiger partial charge < -0.3 is 4.74 Å². The highest BCUT2D eigenvalue weighted by atomic mass is 35.5. The van der Waals surface area contributed by atoms with Crippen LogP contribution < -0.4 is 0 Å². The van der Waals surface area contributed by atoms with Crippen LogP contribution in [-0.4, -0.2) is 29.2 Å². The van der Waals surface area contributed by atoms with E-state index in [2.05, 4.69) is 24.6 Å². The molecule has 2 heterocycles. The van der Waals surface area contributed by atoms with Gasteiger partial charge in [-0.3, -0.25) is 4.57 Å². The lowest BCUT2D eigenvalue weighted by atomic mass is 10.0. The van der Waals surface area contributed by atoms with Crippen molar-refractivity contribution in [2.24, 2.45) is 0 Å². The summed E-state index contributed by atoms with van der Waals surface area (Å²) in [6.07, 6.45) is 1.52. The molecule has 0 N–H and O–H groups in total. The molecule has 2 aromatic carbocycles. The third-order valence-corrected chi connectivity index (χ3v) is 7.16. The molecule has 0 bridgehead atoms. The Bertz CT molecular complexity index is 1250. The molecule has 0 fully saturated rings. The summed E-state index contributed by atoms with van der Waals surface area (Å²) >= 11 is 6.53. The molecule has 0 aliphatic heterocycles. The zero-order valence-electron chi connectivity index (χ0n) is 18.2. The molecule has 0 atom stereocenters. The molecule has 4 rings (SSSR count). The SMILES string of the molecule is C[Si](C)(C)CCOCn1c(-c2c(-c3cc(F)cc(F)c3)ccnc2Cl)nc2ccccc21. The molecule has 0 saturated heterocycles. The van der Waals surface area contributed by atoms with Gasteiger partial charge in [0.2, 0.25) is 0 Å². The van der Waals surface area contributed by atoms with Crippen molar-refractivity contribution in [2.45, 2.75) is 32.4 Å². The van der Waals surface area contributed by atoms with Crippen LogP contribution in [-0.2, 0) is 11.5 Å². The van der Waals surface area contributed by atoms with Gasteiger partial charge in [-0.1, -0.05) is 43.4 Å². The number of rotatable bonds is 7. The summed E-state index contributed by atoms with van der Waals surface area (Å²) in [7, 11) is -1.24. The van der Waals surface area contributed by atoms with Crippen LogP contribution in [0.25, 0.3) is 33.5 Å². The molecule has 2 aromatic heterocycles. The summed E-state index contributed by atoms with van der Waals surface area (Å²) in [4.78, 5) is 9.00. The summed E-state index contributed by atoms with van der Waals surface area (Å²) in [5.41, 5.74) is 3.06. The molecule has 0 radical (unpaired) electrons. The summed E-state index contributed by atoms with van der Waals surface area (Å²) in [5, 5.41) is 0.200. The van der Waals surface area contributed by atoms with Gasteiger partial charge in [-0.25, -0.2) is 18.7 Å². The molecule has 0 amide bonds. The Labute approximate surface area is 191 Å². The van der Waals surface area contributed by atoms with Gasteiger partial charge >= 0.3 is 0 Å². The van der Waals surface area contributed by atoms with Crippen LogP contribution in [0.3, 0.4) is 0 Å². The molecular formula is C24H24ClF2N3OSi. The van der Waals surface area contributed by atoms with Crippen LogP contribution in [0.2, 0.25) is 30.8 Å². The summed E-state index contributed by atoms with van der Waals surface area (Å²) in [6.45, 7) is 7.82. The third kappa shape index (κ3) is 4.90. The molecule has 166 valence electrons. The normalized spacial score (nSPS) is 11.9. The van der Waals surface area contributed by atoms with Gasteiger partial charge in [0.05, 0.1) is 16.6 Å². The number of halogens is 3. The van der Waals surface area contributed by atoms with Crippen molar-refractivity contribution in [3.05, 3.63) is 71.5 Å². The number of fused-ring (bicyclic) bond motifs is 1. The van der Waals surface area contributed by atoms with Crippen LogP contribution >= 0.6 is 11.6 Å². The minimum Gasteiger partial charge on any atom is -0.361 e. The first-order valence-corrected chi connectivity index (χ1v) is 14.5. The monoisotopic (exact) mass is 471 g/mol. The van der Waals surface area contributed by atoms with Crippen molar-refractivity contribution in [1.82, 2.24) is 14.5 Å².